The minimum absolute atomic E-state index is 0.00220. The monoisotopic (exact) mass is 514 g/mol. The van der Waals surface area contributed by atoms with Gasteiger partial charge in [0.05, 0.1) is 0 Å². The van der Waals surface area contributed by atoms with Gasteiger partial charge in [-0.1, -0.05) is 70.9 Å². The molecule has 3 aliphatic carbocycles. The Labute approximate surface area is 220 Å². The van der Waals surface area contributed by atoms with Crippen LogP contribution in [0.2, 0.25) is 0 Å². The Morgan fingerprint density at radius 3 is 1.86 bits per heavy atom. The molecule has 2 fully saturated rings. The highest BCUT2D eigenvalue weighted by atomic mass is 19.2. The molecule has 5 rings (SSSR count). The first-order valence-corrected chi connectivity index (χ1v) is 14.9. The maximum Gasteiger partial charge on any atom is 0.167 e. The van der Waals surface area contributed by atoms with Crippen molar-refractivity contribution in [3.8, 4) is 11.1 Å². The van der Waals surface area contributed by atoms with Gasteiger partial charge in [-0.2, -0.15) is 0 Å². The van der Waals surface area contributed by atoms with Gasteiger partial charge in [0.15, 0.2) is 23.3 Å². The van der Waals surface area contributed by atoms with Gasteiger partial charge in [0.2, 0.25) is 0 Å². The van der Waals surface area contributed by atoms with E-state index in [1.807, 2.05) is 6.92 Å². The smallest absolute Gasteiger partial charge is 0.167 e. The molecule has 2 aromatic rings. The van der Waals surface area contributed by atoms with E-state index < -0.39 is 23.3 Å². The average molecular weight is 515 g/mol. The topological polar surface area (TPSA) is 0 Å². The SMILES string of the molecule is CCCCCC1CCC(C2CCC(c3cc4c(c(F)c3F)-c3c(cc(CCC)c(F)c3F)C4)CC2)CC1. The number of hydrogen-bond donors (Lipinski definition) is 0. The number of hydrogen-bond acceptors (Lipinski definition) is 0. The molecule has 0 nitrogen and oxygen atoms in total. The zero-order valence-electron chi connectivity index (χ0n) is 22.6. The van der Waals surface area contributed by atoms with E-state index in [2.05, 4.69) is 6.92 Å². The highest BCUT2D eigenvalue weighted by molar-refractivity contribution is 5.79. The summed E-state index contributed by atoms with van der Waals surface area (Å²) >= 11 is 0. The highest BCUT2D eigenvalue weighted by Crippen LogP contribution is 2.48. The minimum atomic E-state index is -1.04. The third kappa shape index (κ3) is 5.23. The van der Waals surface area contributed by atoms with E-state index in [1.165, 1.54) is 51.4 Å². The quantitative estimate of drug-likeness (QED) is 0.207. The van der Waals surface area contributed by atoms with Crippen LogP contribution in [-0.4, -0.2) is 0 Å². The molecule has 0 bridgehead atoms. The number of fused-ring (bicyclic) bond motifs is 3. The number of unbranched alkanes of at least 4 members (excludes halogenated alkanes) is 2. The van der Waals surface area contributed by atoms with Gasteiger partial charge >= 0.3 is 0 Å². The predicted octanol–water partition coefficient (Wildman–Crippen LogP) is 10.4. The standard InChI is InChI=1S/C33H42F4/c1-3-5-6-8-20-9-11-21(12-10-20)22-13-15-23(16-14-22)27-19-26-18-25-17-24(7-4-2)30(34)32(36)28(25)29(26)33(37)31(27)35/h17,19-23H,3-16,18H2,1-2H3. The molecule has 0 N–H and O–H groups in total. The van der Waals surface area contributed by atoms with Gasteiger partial charge in [0.1, 0.15) is 0 Å². The molecule has 3 aliphatic rings. The molecule has 0 spiro atoms. The Bertz CT molecular complexity index is 1100. The van der Waals surface area contributed by atoms with Crippen LogP contribution in [0.15, 0.2) is 12.1 Å². The Balaban J connectivity index is 1.26. The van der Waals surface area contributed by atoms with Crippen molar-refractivity contribution < 1.29 is 17.6 Å². The molecule has 202 valence electrons. The third-order valence-corrected chi connectivity index (χ3v) is 9.82. The Morgan fingerprint density at radius 2 is 1.24 bits per heavy atom. The Hall–Kier alpha value is -1.84. The van der Waals surface area contributed by atoms with Crippen molar-refractivity contribution in [1.29, 1.82) is 0 Å². The van der Waals surface area contributed by atoms with E-state index in [4.69, 9.17) is 0 Å². The lowest BCUT2D eigenvalue weighted by Crippen LogP contribution is -2.25. The fraction of sp³-hybridized carbons (Fsp3) is 0.636. The van der Waals surface area contributed by atoms with Crippen molar-refractivity contribution in [1.82, 2.24) is 0 Å². The van der Waals surface area contributed by atoms with Crippen LogP contribution >= 0.6 is 0 Å². The molecule has 2 aromatic carbocycles. The van der Waals surface area contributed by atoms with Gasteiger partial charge in [0.25, 0.3) is 0 Å². The summed E-state index contributed by atoms with van der Waals surface area (Å²) in [5, 5.41) is 0. The van der Waals surface area contributed by atoms with E-state index in [9.17, 15) is 8.78 Å². The number of aryl methyl sites for hydroxylation is 1. The largest absolute Gasteiger partial charge is 0.203 e. The molecule has 0 atom stereocenters. The molecule has 0 radical (unpaired) electrons. The van der Waals surface area contributed by atoms with Crippen molar-refractivity contribution >= 4 is 0 Å². The van der Waals surface area contributed by atoms with Crippen LogP contribution in [0.4, 0.5) is 17.6 Å². The van der Waals surface area contributed by atoms with Gasteiger partial charge in [0, 0.05) is 11.1 Å². The third-order valence-electron chi connectivity index (χ3n) is 9.82. The van der Waals surface area contributed by atoms with Crippen molar-refractivity contribution in [2.45, 2.75) is 116 Å². The maximum atomic E-state index is 15.4. The van der Waals surface area contributed by atoms with Crippen LogP contribution in [0.25, 0.3) is 11.1 Å². The zero-order chi connectivity index (χ0) is 26.1. The van der Waals surface area contributed by atoms with Gasteiger partial charge in [-0.25, -0.2) is 17.6 Å². The molecule has 4 heteroatoms. The molecule has 0 aromatic heterocycles. The van der Waals surface area contributed by atoms with Crippen LogP contribution < -0.4 is 0 Å². The molecule has 0 saturated heterocycles. The van der Waals surface area contributed by atoms with Crippen molar-refractivity contribution in [3.63, 3.8) is 0 Å². The van der Waals surface area contributed by atoms with Crippen molar-refractivity contribution in [2.24, 2.45) is 17.8 Å². The van der Waals surface area contributed by atoms with Gasteiger partial charge in [-0.05, 0) is 97.3 Å². The van der Waals surface area contributed by atoms with Crippen LogP contribution in [0, 0.1) is 41.0 Å². The molecule has 0 amide bonds. The summed E-state index contributed by atoms with van der Waals surface area (Å²) in [5.41, 5.74) is 1.78. The second-order valence-corrected chi connectivity index (χ2v) is 12.1. The Kier molecular flexibility index (Phi) is 8.31. The van der Waals surface area contributed by atoms with E-state index in [-0.39, 0.29) is 17.0 Å². The molecule has 2 saturated carbocycles. The average Bonchev–Trinajstić information content (AvgIpc) is 3.28. The van der Waals surface area contributed by atoms with Crippen molar-refractivity contribution in [3.05, 3.63) is 57.7 Å². The molecular formula is C33H42F4. The lowest BCUT2D eigenvalue weighted by atomic mass is 9.67. The Morgan fingerprint density at radius 1 is 0.649 bits per heavy atom. The van der Waals surface area contributed by atoms with E-state index in [0.717, 1.165) is 37.5 Å². The molecule has 0 aliphatic heterocycles. The summed E-state index contributed by atoms with van der Waals surface area (Å²) in [6.45, 7) is 4.17. The van der Waals surface area contributed by atoms with Crippen LogP contribution in [0.3, 0.4) is 0 Å². The summed E-state index contributed by atoms with van der Waals surface area (Å²) in [6, 6.07) is 3.41. The highest BCUT2D eigenvalue weighted by Gasteiger charge is 2.36. The van der Waals surface area contributed by atoms with Crippen LogP contribution in [-0.2, 0) is 12.8 Å². The van der Waals surface area contributed by atoms with Crippen LogP contribution in [0.1, 0.15) is 125 Å². The summed E-state index contributed by atoms with van der Waals surface area (Å²) in [4.78, 5) is 0. The minimum Gasteiger partial charge on any atom is -0.203 e. The van der Waals surface area contributed by atoms with Gasteiger partial charge in [-0.15, -0.1) is 0 Å². The van der Waals surface area contributed by atoms with E-state index in [1.54, 1.807) is 12.1 Å². The summed E-state index contributed by atoms with van der Waals surface area (Å²) < 4.78 is 60.4. The van der Waals surface area contributed by atoms with Gasteiger partial charge < -0.3 is 0 Å². The lowest BCUT2D eigenvalue weighted by Gasteiger charge is -2.38. The van der Waals surface area contributed by atoms with E-state index >= 15 is 8.78 Å². The number of rotatable bonds is 8. The van der Waals surface area contributed by atoms with E-state index in [0.29, 0.717) is 47.4 Å². The summed E-state index contributed by atoms with van der Waals surface area (Å²) in [6.07, 6.45) is 16.1. The molecule has 37 heavy (non-hydrogen) atoms. The fourth-order valence-electron chi connectivity index (χ4n) is 7.74. The summed E-state index contributed by atoms with van der Waals surface area (Å²) in [5.74, 6) is -1.43. The maximum absolute atomic E-state index is 15.4. The number of benzene rings is 2. The fourth-order valence-corrected chi connectivity index (χ4v) is 7.74. The van der Waals surface area contributed by atoms with Crippen LogP contribution in [0.5, 0.6) is 0 Å². The van der Waals surface area contributed by atoms with Crippen molar-refractivity contribution in [2.75, 3.05) is 0 Å². The second kappa shape index (κ2) is 11.5. The van der Waals surface area contributed by atoms with Gasteiger partial charge in [-0.3, -0.25) is 0 Å². The molecular weight excluding hydrogens is 472 g/mol. The normalized spacial score (nSPS) is 25.2. The first-order chi connectivity index (χ1) is 17.9. The summed E-state index contributed by atoms with van der Waals surface area (Å²) in [7, 11) is 0. The zero-order valence-corrected chi connectivity index (χ0v) is 22.6. The second-order valence-electron chi connectivity index (χ2n) is 12.1. The number of halogens is 4. The first kappa shape index (κ1) is 26.8. The first-order valence-electron chi connectivity index (χ1n) is 14.9. The molecule has 0 unspecified atom stereocenters. The molecule has 0 heterocycles. The predicted molar refractivity (Wildman–Crippen MR) is 143 cm³/mol. The lowest BCUT2D eigenvalue weighted by molar-refractivity contribution is 0.155.